The van der Waals surface area contributed by atoms with E-state index in [0.717, 1.165) is 0 Å². The second kappa shape index (κ2) is 2.69. The molecule has 0 saturated heterocycles. The lowest BCUT2D eigenvalue weighted by Gasteiger charge is -2.25. The van der Waals surface area contributed by atoms with E-state index in [1.165, 1.54) is 0 Å². The Hall–Kier alpha value is -0.780. The predicted molar refractivity (Wildman–Crippen MR) is 32.7 cm³/mol. The monoisotopic (exact) mass is 160 g/mol. The molecule has 11 heavy (non-hydrogen) atoms. The number of ketones is 2. The summed E-state index contributed by atoms with van der Waals surface area (Å²) in [4.78, 5) is 21.2. The van der Waals surface area contributed by atoms with Crippen LogP contribution in [-0.4, -0.2) is 45.2 Å². The van der Waals surface area contributed by atoms with E-state index >= 15 is 0 Å². The Labute approximate surface area is 62.3 Å². The van der Waals surface area contributed by atoms with Gasteiger partial charge in [0, 0.05) is 6.42 Å². The molecule has 62 valence electrons. The van der Waals surface area contributed by atoms with Crippen LogP contribution < -0.4 is 0 Å². The Balaban J connectivity index is 2.78. The van der Waals surface area contributed by atoms with E-state index in [4.69, 9.17) is 15.3 Å². The Bertz CT molecular complexity index is 199. The van der Waals surface area contributed by atoms with E-state index < -0.39 is 36.3 Å². The number of carbonyl (C=O) groups is 2. The fraction of sp³-hybridized carbons (Fsp3) is 0.667. The van der Waals surface area contributed by atoms with E-state index in [0.29, 0.717) is 0 Å². The lowest BCUT2D eigenvalue weighted by molar-refractivity contribution is -0.158. The SMILES string of the molecule is O=C1CC(O)C(O)C(O)C1=O. The molecule has 3 atom stereocenters. The number of aliphatic hydroxyl groups is 3. The molecule has 1 saturated carbocycles. The van der Waals surface area contributed by atoms with Gasteiger partial charge < -0.3 is 15.3 Å². The maximum Gasteiger partial charge on any atom is 0.229 e. The molecule has 1 fully saturated rings. The molecule has 0 heterocycles. The third-order valence-corrected chi connectivity index (χ3v) is 1.66. The van der Waals surface area contributed by atoms with Gasteiger partial charge in [0.25, 0.3) is 0 Å². The normalized spacial score (nSPS) is 39.4. The van der Waals surface area contributed by atoms with E-state index in [9.17, 15) is 9.59 Å². The van der Waals surface area contributed by atoms with Crippen molar-refractivity contribution in [2.24, 2.45) is 0 Å². The molecule has 5 nitrogen and oxygen atoms in total. The smallest absolute Gasteiger partial charge is 0.229 e. The third-order valence-electron chi connectivity index (χ3n) is 1.66. The molecule has 0 aromatic heterocycles. The molecule has 1 aliphatic carbocycles. The van der Waals surface area contributed by atoms with Gasteiger partial charge in [0.05, 0.1) is 6.10 Å². The van der Waals surface area contributed by atoms with Gasteiger partial charge in [-0.15, -0.1) is 0 Å². The van der Waals surface area contributed by atoms with Gasteiger partial charge in [0.15, 0.2) is 0 Å². The Morgan fingerprint density at radius 1 is 1.18 bits per heavy atom. The highest BCUT2D eigenvalue weighted by molar-refractivity contribution is 6.39. The van der Waals surface area contributed by atoms with Crippen LogP contribution in [0.1, 0.15) is 6.42 Å². The minimum Gasteiger partial charge on any atom is -0.390 e. The molecule has 3 N–H and O–H groups in total. The first-order valence-corrected chi connectivity index (χ1v) is 3.15. The molecular weight excluding hydrogens is 152 g/mol. The molecule has 0 bridgehead atoms. The quantitative estimate of drug-likeness (QED) is 0.344. The van der Waals surface area contributed by atoms with Crippen LogP contribution in [0.15, 0.2) is 0 Å². The summed E-state index contributed by atoms with van der Waals surface area (Å²) < 4.78 is 0. The topological polar surface area (TPSA) is 94.8 Å². The first-order chi connectivity index (χ1) is 5.04. The number of Topliss-reactive ketones (excluding diaryl/α,β-unsaturated/α-hetero) is 2. The van der Waals surface area contributed by atoms with Crippen molar-refractivity contribution in [3.8, 4) is 0 Å². The van der Waals surface area contributed by atoms with E-state index in [1.807, 2.05) is 0 Å². The molecule has 0 amide bonds. The lowest BCUT2D eigenvalue weighted by atomic mass is 9.90. The molecular formula is C6H8O5. The van der Waals surface area contributed by atoms with Crippen LogP contribution in [0.4, 0.5) is 0 Å². The zero-order valence-corrected chi connectivity index (χ0v) is 5.60. The molecule has 1 aliphatic rings. The summed E-state index contributed by atoms with van der Waals surface area (Å²) in [6.45, 7) is 0. The molecule has 0 aromatic rings. The summed E-state index contributed by atoms with van der Waals surface area (Å²) in [5.41, 5.74) is 0. The van der Waals surface area contributed by atoms with Crippen LogP contribution in [0.25, 0.3) is 0 Å². The van der Waals surface area contributed by atoms with Crippen molar-refractivity contribution in [2.75, 3.05) is 0 Å². The second-order valence-electron chi connectivity index (χ2n) is 2.49. The molecule has 0 aromatic carbocycles. The number of aliphatic hydroxyl groups excluding tert-OH is 3. The maximum absolute atomic E-state index is 10.6. The van der Waals surface area contributed by atoms with Crippen molar-refractivity contribution in [2.45, 2.75) is 24.7 Å². The van der Waals surface area contributed by atoms with Crippen molar-refractivity contribution >= 4 is 11.6 Å². The van der Waals surface area contributed by atoms with Crippen LogP contribution in [0.2, 0.25) is 0 Å². The highest BCUT2D eigenvalue weighted by Crippen LogP contribution is 2.13. The zero-order valence-electron chi connectivity index (χ0n) is 5.60. The van der Waals surface area contributed by atoms with Gasteiger partial charge in [0.1, 0.15) is 12.2 Å². The third kappa shape index (κ3) is 1.30. The summed E-state index contributed by atoms with van der Waals surface area (Å²) in [5.74, 6) is -1.86. The fourth-order valence-electron chi connectivity index (χ4n) is 0.942. The number of carbonyl (C=O) groups excluding carboxylic acids is 2. The first-order valence-electron chi connectivity index (χ1n) is 3.15. The first kappa shape index (κ1) is 8.32. The molecule has 1 rings (SSSR count). The van der Waals surface area contributed by atoms with E-state index in [-0.39, 0.29) is 0 Å². The van der Waals surface area contributed by atoms with Crippen LogP contribution in [-0.2, 0) is 9.59 Å². The van der Waals surface area contributed by atoms with Gasteiger partial charge in [-0.3, -0.25) is 9.59 Å². The highest BCUT2D eigenvalue weighted by Gasteiger charge is 2.40. The van der Waals surface area contributed by atoms with Gasteiger partial charge in [-0.1, -0.05) is 0 Å². The zero-order chi connectivity index (χ0) is 8.59. The van der Waals surface area contributed by atoms with Crippen molar-refractivity contribution < 1.29 is 24.9 Å². The summed E-state index contributed by atoms with van der Waals surface area (Å²) in [5, 5.41) is 26.5. The van der Waals surface area contributed by atoms with Gasteiger partial charge >= 0.3 is 0 Å². The van der Waals surface area contributed by atoms with Crippen LogP contribution in [0, 0.1) is 0 Å². The fourth-order valence-corrected chi connectivity index (χ4v) is 0.942. The molecule has 0 spiro atoms. The largest absolute Gasteiger partial charge is 0.390 e. The minimum absolute atomic E-state index is 0.406. The van der Waals surface area contributed by atoms with Gasteiger partial charge in [-0.2, -0.15) is 0 Å². The molecule has 0 radical (unpaired) electrons. The Morgan fingerprint density at radius 2 is 1.73 bits per heavy atom. The average Bonchev–Trinajstić information content (AvgIpc) is 1.97. The lowest BCUT2D eigenvalue weighted by Crippen LogP contribution is -2.51. The average molecular weight is 160 g/mol. The summed E-state index contributed by atoms with van der Waals surface area (Å²) in [6.07, 6.45) is -5.02. The summed E-state index contributed by atoms with van der Waals surface area (Å²) in [7, 11) is 0. The van der Waals surface area contributed by atoms with Crippen molar-refractivity contribution in [3.63, 3.8) is 0 Å². The second-order valence-corrected chi connectivity index (χ2v) is 2.49. The predicted octanol–water partition coefficient (Wildman–Crippen LogP) is -2.39. The number of rotatable bonds is 0. The standard InChI is InChI=1S/C6H8O5/c7-2-1-3(8)5(10)6(11)4(2)9/h2,4,6-7,9,11H,1H2. The van der Waals surface area contributed by atoms with Crippen molar-refractivity contribution in [3.05, 3.63) is 0 Å². The van der Waals surface area contributed by atoms with E-state index in [1.54, 1.807) is 0 Å². The Kier molecular flexibility index (Phi) is 2.03. The Morgan fingerprint density at radius 3 is 2.27 bits per heavy atom. The van der Waals surface area contributed by atoms with Gasteiger partial charge in [0.2, 0.25) is 11.6 Å². The maximum atomic E-state index is 10.6. The van der Waals surface area contributed by atoms with Gasteiger partial charge in [-0.25, -0.2) is 0 Å². The van der Waals surface area contributed by atoms with E-state index in [2.05, 4.69) is 0 Å². The van der Waals surface area contributed by atoms with Crippen LogP contribution in [0.5, 0.6) is 0 Å². The summed E-state index contributed by atoms with van der Waals surface area (Å²) >= 11 is 0. The molecule has 0 aliphatic heterocycles. The van der Waals surface area contributed by atoms with Crippen LogP contribution in [0.3, 0.4) is 0 Å². The van der Waals surface area contributed by atoms with Crippen LogP contribution >= 0.6 is 0 Å². The minimum atomic E-state index is -1.76. The van der Waals surface area contributed by atoms with Crippen molar-refractivity contribution in [1.82, 2.24) is 0 Å². The van der Waals surface area contributed by atoms with Gasteiger partial charge in [-0.05, 0) is 0 Å². The van der Waals surface area contributed by atoms with Crippen molar-refractivity contribution in [1.29, 1.82) is 0 Å². The molecule has 3 unspecified atom stereocenters. The molecule has 5 heteroatoms. The highest BCUT2D eigenvalue weighted by atomic mass is 16.4. The number of hydrogen-bond acceptors (Lipinski definition) is 5. The number of hydrogen-bond donors (Lipinski definition) is 3. The summed E-state index contributed by atoms with van der Waals surface area (Å²) in [6, 6.07) is 0.